The van der Waals surface area contributed by atoms with Crippen molar-refractivity contribution in [2.45, 2.75) is 37.8 Å². The maximum Gasteiger partial charge on any atom is 0.169 e. The summed E-state index contributed by atoms with van der Waals surface area (Å²) in [5.41, 5.74) is -0.488. The predicted octanol–water partition coefficient (Wildman–Crippen LogP) is 2.91. The summed E-state index contributed by atoms with van der Waals surface area (Å²) in [6.07, 6.45) is 3.98. The maximum absolute atomic E-state index is 14.7. The van der Waals surface area contributed by atoms with E-state index in [1.165, 1.54) is 0 Å². The lowest BCUT2D eigenvalue weighted by Gasteiger charge is -2.50. The molecule has 1 aliphatic carbocycles. The first-order valence-electron chi connectivity index (χ1n) is 7.33. The van der Waals surface area contributed by atoms with Gasteiger partial charge >= 0.3 is 0 Å². The van der Waals surface area contributed by atoms with Crippen LogP contribution in [0.4, 0.5) is 20.2 Å². The van der Waals surface area contributed by atoms with Crippen molar-refractivity contribution in [3.63, 3.8) is 0 Å². The SMILES string of the molecule is CN1c2c(F)c(C#N)c(F)c(C#N)c2N(C)C2CCCCC21. The van der Waals surface area contributed by atoms with Gasteiger partial charge in [0, 0.05) is 26.2 Å². The van der Waals surface area contributed by atoms with E-state index in [2.05, 4.69) is 0 Å². The van der Waals surface area contributed by atoms with E-state index in [1.54, 1.807) is 25.1 Å². The molecule has 1 aliphatic heterocycles. The summed E-state index contributed by atoms with van der Waals surface area (Å²) in [5, 5.41) is 18.4. The lowest BCUT2D eigenvalue weighted by molar-refractivity contribution is 0.350. The van der Waals surface area contributed by atoms with Gasteiger partial charge in [0.1, 0.15) is 23.3 Å². The first kappa shape index (κ1) is 14.6. The van der Waals surface area contributed by atoms with Gasteiger partial charge in [-0.1, -0.05) is 12.8 Å². The zero-order chi connectivity index (χ0) is 16.0. The van der Waals surface area contributed by atoms with Crippen LogP contribution >= 0.6 is 0 Å². The van der Waals surface area contributed by atoms with Crippen molar-refractivity contribution in [2.75, 3.05) is 23.9 Å². The van der Waals surface area contributed by atoms with E-state index in [0.717, 1.165) is 25.7 Å². The van der Waals surface area contributed by atoms with Gasteiger partial charge in [-0.2, -0.15) is 10.5 Å². The molecule has 0 bridgehead atoms. The third kappa shape index (κ3) is 1.77. The summed E-state index contributed by atoms with van der Waals surface area (Å²) < 4.78 is 29.0. The smallest absolute Gasteiger partial charge is 0.169 e. The van der Waals surface area contributed by atoms with Crippen LogP contribution in [0.1, 0.15) is 36.8 Å². The van der Waals surface area contributed by atoms with Gasteiger partial charge in [-0.25, -0.2) is 8.78 Å². The molecule has 4 nitrogen and oxygen atoms in total. The monoisotopic (exact) mass is 302 g/mol. The second-order valence-electron chi connectivity index (χ2n) is 5.94. The van der Waals surface area contributed by atoms with Gasteiger partial charge in [0.25, 0.3) is 0 Å². The quantitative estimate of drug-likeness (QED) is 0.739. The summed E-state index contributed by atoms with van der Waals surface area (Å²) in [7, 11) is 3.54. The fourth-order valence-corrected chi connectivity index (χ4v) is 3.86. The largest absolute Gasteiger partial charge is 0.367 e. The lowest BCUT2D eigenvalue weighted by atomic mass is 9.84. The number of hydrogen-bond donors (Lipinski definition) is 0. The fraction of sp³-hybridized carbons (Fsp3) is 0.500. The molecule has 1 aromatic carbocycles. The first-order valence-corrected chi connectivity index (χ1v) is 7.33. The Morgan fingerprint density at radius 2 is 1.36 bits per heavy atom. The number of nitrogens with zero attached hydrogens (tertiary/aromatic N) is 4. The van der Waals surface area contributed by atoms with Crippen molar-refractivity contribution in [3.05, 3.63) is 22.8 Å². The molecule has 1 aromatic rings. The Hall–Kier alpha value is -2.34. The molecule has 2 aliphatic rings. The van der Waals surface area contributed by atoms with Crippen molar-refractivity contribution >= 4 is 11.4 Å². The summed E-state index contributed by atoms with van der Waals surface area (Å²) >= 11 is 0. The van der Waals surface area contributed by atoms with Crippen LogP contribution in [-0.2, 0) is 0 Å². The molecule has 6 heteroatoms. The van der Waals surface area contributed by atoms with Crippen LogP contribution in [0, 0.1) is 34.3 Å². The van der Waals surface area contributed by atoms with Crippen molar-refractivity contribution in [2.24, 2.45) is 0 Å². The van der Waals surface area contributed by atoms with E-state index in [4.69, 9.17) is 5.26 Å². The second-order valence-corrected chi connectivity index (χ2v) is 5.94. The van der Waals surface area contributed by atoms with E-state index >= 15 is 0 Å². The molecule has 1 fully saturated rings. The number of hydrogen-bond acceptors (Lipinski definition) is 4. The fourth-order valence-electron chi connectivity index (χ4n) is 3.86. The zero-order valence-corrected chi connectivity index (χ0v) is 12.5. The highest BCUT2D eigenvalue weighted by Gasteiger charge is 2.42. The molecule has 22 heavy (non-hydrogen) atoms. The number of anilines is 2. The van der Waals surface area contributed by atoms with Crippen molar-refractivity contribution in [1.29, 1.82) is 10.5 Å². The standard InChI is InChI=1S/C16H16F2N4/c1-21-11-5-3-4-6-12(11)22(2)16-14(18)9(7-19)13(17)10(8-20)15(16)21/h11-12H,3-6H2,1-2H3. The summed E-state index contributed by atoms with van der Waals surface area (Å²) in [4.78, 5) is 3.61. The van der Waals surface area contributed by atoms with Crippen LogP contribution in [0.25, 0.3) is 0 Å². The van der Waals surface area contributed by atoms with Crippen LogP contribution in [-0.4, -0.2) is 26.2 Å². The molecule has 0 spiro atoms. The molecule has 1 saturated carbocycles. The summed E-state index contributed by atoms with van der Waals surface area (Å²) in [5.74, 6) is -1.93. The van der Waals surface area contributed by atoms with Crippen LogP contribution in [0.2, 0.25) is 0 Å². The number of halogens is 2. The Labute approximate surface area is 128 Å². The number of fused-ring (bicyclic) bond motifs is 2. The predicted molar refractivity (Wildman–Crippen MR) is 78.6 cm³/mol. The normalized spacial score (nSPS) is 23.4. The Balaban J connectivity index is 2.32. The van der Waals surface area contributed by atoms with E-state index in [1.807, 2.05) is 11.0 Å². The molecule has 114 valence electrons. The van der Waals surface area contributed by atoms with Gasteiger partial charge in [-0.3, -0.25) is 0 Å². The molecule has 1 heterocycles. The average molecular weight is 302 g/mol. The Bertz CT molecular complexity index is 717. The minimum Gasteiger partial charge on any atom is -0.367 e. The van der Waals surface area contributed by atoms with Crippen molar-refractivity contribution in [1.82, 2.24) is 0 Å². The molecule has 0 radical (unpaired) electrons. The average Bonchev–Trinajstić information content (AvgIpc) is 2.52. The van der Waals surface area contributed by atoms with Gasteiger partial charge in [-0.05, 0) is 12.8 Å². The zero-order valence-electron chi connectivity index (χ0n) is 12.5. The highest BCUT2D eigenvalue weighted by molar-refractivity contribution is 5.82. The molecule has 2 unspecified atom stereocenters. The van der Waals surface area contributed by atoms with E-state index in [-0.39, 0.29) is 29.0 Å². The first-order chi connectivity index (χ1) is 10.5. The van der Waals surface area contributed by atoms with E-state index in [0.29, 0.717) is 0 Å². The third-order valence-electron chi connectivity index (χ3n) is 4.95. The minimum atomic E-state index is -1.06. The van der Waals surface area contributed by atoms with Crippen LogP contribution in [0.3, 0.4) is 0 Å². The van der Waals surface area contributed by atoms with Crippen molar-refractivity contribution in [3.8, 4) is 12.1 Å². The molecule has 0 saturated heterocycles. The van der Waals surface area contributed by atoms with E-state index < -0.39 is 17.2 Å². The highest BCUT2D eigenvalue weighted by Crippen LogP contribution is 2.46. The molecular weight excluding hydrogens is 286 g/mol. The van der Waals surface area contributed by atoms with Crippen LogP contribution < -0.4 is 9.80 Å². The van der Waals surface area contributed by atoms with Gasteiger partial charge in [-0.15, -0.1) is 0 Å². The summed E-state index contributed by atoms with van der Waals surface area (Å²) in [6.45, 7) is 0. The Morgan fingerprint density at radius 1 is 0.864 bits per heavy atom. The summed E-state index contributed by atoms with van der Waals surface area (Å²) in [6, 6.07) is 3.60. The molecule has 0 amide bonds. The van der Waals surface area contributed by atoms with Gasteiger partial charge in [0.15, 0.2) is 11.6 Å². The van der Waals surface area contributed by atoms with Gasteiger partial charge < -0.3 is 9.80 Å². The molecule has 2 atom stereocenters. The molecule has 3 rings (SSSR count). The Kier molecular flexibility index (Phi) is 3.41. The van der Waals surface area contributed by atoms with E-state index in [9.17, 15) is 14.0 Å². The van der Waals surface area contributed by atoms with Gasteiger partial charge in [0.05, 0.1) is 11.4 Å². The molecule has 0 aromatic heterocycles. The molecule has 0 N–H and O–H groups in total. The maximum atomic E-state index is 14.7. The topological polar surface area (TPSA) is 54.1 Å². The minimum absolute atomic E-state index is 0.115. The number of rotatable bonds is 0. The van der Waals surface area contributed by atoms with Gasteiger partial charge in [0.2, 0.25) is 0 Å². The number of benzene rings is 1. The highest BCUT2D eigenvalue weighted by atomic mass is 19.1. The lowest BCUT2D eigenvalue weighted by Crippen LogP contribution is -2.56. The second kappa shape index (κ2) is 5.14. The van der Waals surface area contributed by atoms with Crippen molar-refractivity contribution < 1.29 is 8.78 Å². The van der Waals surface area contributed by atoms with Crippen LogP contribution in [0.5, 0.6) is 0 Å². The van der Waals surface area contributed by atoms with Crippen LogP contribution in [0.15, 0.2) is 0 Å². The number of nitriles is 2. The third-order valence-corrected chi connectivity index (χ3v) is 4.95. The number of likely N-dealkylation sites (N-methyl/N-ethyl adjacent to an activating group) is 2. The molecular formula is C16H16F2N4. The Morgan fingerprint density at radius 3 is 1.86 bits per heavy atom.